The molecule has 8 nitrogen and oxygen atoms in total. The molecule has 1 saturated heterocycles. The van der Waals surface area contributed by atoms with Crippen molar-refractivity contribution in [2.75, 3.05) is 63.1 Å². The molecule has 1 heterocycles. The van der Waals surface area contributed by atoms with Gasteiger partial charge >= 0.3 is 0 Å². The van der Waals surface area contributed by atoms with E-state index in [0.717, 1.165) is 32.8 Å². The number of nitrogens with one attached hydrogen (secondary N) is 1. The molecule has 1 aromatic carbocycles. The van der Waals surface area contributed by atoms with Crippen LogP contribution in [0.4, 0.5) is 5.69 Å². The smallest absolute Gasteiger partial charge is 0.257 e. The molecule has 9 heteroatoms. The number of carbonyl (C=O) groups excluding carboxylic acids is 1. The van der Waals surface area contributed by atoms with Crippen molar-refractivity contribution in [3.05, 3.63) is 24.3 Å². The van der Waals surface area contributed by atoms with Crippen molar-refractivity contribution in [3.63, 3.8) is 0 Å². The van der Waals surface area contributed by atoms with Crippen molar-refractivity contribution in [3.8, 4) is 5.75 Å². The minimum atomic E-state index is -3.31. The fraction of sp³-hybridized carbons (Fsp3) is 0.588. The second-order valence-corrected chi connectivity index (χ2v) is 7.92. The van der Waals surface area contributed by atoms with Crippen molar-refractivity contribution < 1.29 is 22.7 Å². The van der Waals surface area contributed by atoms with Crippen LogP contribution < -0.4 is 14.4 Å². The van der Waals surface area contributed by atoms with Crippen molar-refractivity contribution in [1.82, 2.24) is 10.2 Å². The number of morpholine rings is 1. The van der Waals surface area contributed by atoms with Gasteiger partial charge < -0.3 is 14.8 Å². The number of hydrogen-bond donors (Lipinski definition) is 1. The normalized spacial score (nSPS) is 15.5. The molecule has 1 aromatic rings. The Hall–Kier alpha value is -1.84. The van der Waals surface area contributed by atoms with E-state index in [0.29, 0.717) is 24.5 Å². The maximum Gasteiger partial charge on any atom is 0.257 e. The van der Waals surface area contributed by atoms with Crippen LogP contribution in [0.15, 0.2) is 24.3 Å². The van der Waals surface area contributed by atoms with E-state index in [4.69, 9.17) is 9.47 Å². The van der Waals surface area contributed by atoms with E-state index in [1.165, 1.54) is 10.6 Å². The van der Waals surface area contributed by atoms with Gasteiger partial charge in [0.05, 0.1) is 25.2 Å². The number of carbonyl (C=O) groups is 1. The Morgan fingerprint density at radius 3 is 2.50 bits per heavy atom. The second kappa shape index (κ2) is 9.75. The monoisotopic (exact) mass is 385 g/mol. The Morgan fingerprint density at radius 2 is 1.92 bits per heavy atom. The molecule has 2 rings (SSSR count). The molecular formula is C17H27N3O5S. The van der Waals surface area contributed by atoms with Crippen molar-refractivity contribution in [2.45, 2.75) is 6.92 Å². The highest BCUT2D eigenvalue weighted by Gasteiger charge is 2.15. The zero-order chi connectivity index (χ0) is 19.0. The fourth-order valence-corrected chi connectivity index (χ4v) is 3.67. The molecule has 1 fully saturated rings. The minimum absolute atomic E-state index is 0.0774. The first-order valence-corrected chi connectivity index (χ1v) is 10.5. The molecule has 0 spiro atoms. The molecule has 0 bridgehead atoms. The van der Waals surface area contributed by atoms with Crippen molar-refractivity contribution in [1.29, 1.82) is 0 Å². The summed E-state index contributed by atoms with van der Waals surface area (Å²) in [5, 5.41) is 2.82. The van der Waals surface area contributed by atoms with Gasteiger partial charge in [-0.05, 0) is 31.2 Å². The Bertz CT molecular complexity index is 672. The first-order chi connectivity index (χ1) is 12.4. The molecule has 0 aromatic heterocycles. The first-order valence-electron chi connectivity index (χ1n) is 8.67. The topological polar surface area (TPSA) is 88.2 Å². The summed E-state index contributed by atoms with van der Waals surface area (Å²) >= 11 is 0. The third-order valence-corrected chi connectivity index (χ3v) is 5.31. The zero-order valence-corrected chi connectivity index (χ0v) is 16.1. The molecule has 1 aliphatic rings. The quantitative estimate of drug-likeness (QED) is 0.658. The molecule has 26 heavy (non-hydrogen) atoms. The van der Waals surface area contributed by atoms with Crippen LogP contribution in [0.5, 0.6) is 5.75 Å². The Kier molecular flexibility index (Phi) is 7.67. The van der Waals surface area contributed by atoms with Crippen LogP contribution in [0.1, 0.15) is 6.92 Å². The third kappa shape index (κ3) is 6.47. The maximum absolute atomic E-state index is 11.8. The summed E-state index contributed by atoms with van der Waals surface area (Å²) in [6.45, 7) is 6.66. The van der Waals surface area contributed by atoms with Crippen LogP contribution in [-0.4, -0.2) is 78.0 Å². The molecule has 1 aliphatic heterocycles. The summed E-state index contributed by atoms with van der Waals surface area (Å²) < 4.78 is 35.4. The van der Waals surface area contributed by atoms with Gasteiger partial charge in [0.15, 0.2) is 6.61 Å². The number of hydrogen-bond acceptors (Lipinski definition) is 6. The maximum atomic E-state index is 11.8. The Labute approximate surface area is 155 Å². The van der Waals surface area contributed by atoms with Crippen LogP contribution in [-0.2, 0) is 19.6 Å². The van der Waals surface area contributed by atoms with Gasteiger partial charge in [0.2, 0.25) is 10.0 Å². The summed E-state index contributed by atoms with van der Waals surface area (Å²) in [4.78, 5) is 14.1. The predicted octanol–water partition coefficient (Wildman–Crippen LogP) is 0.300. The van der Waals surface area contributed by atoms with E-state index in [9.17, 15) is 13.2 Å². The largest absolute Gasteiger partial charge is 0.484 e. The zero-order valence-electron chi connectivity index (χ0n) is 15.3. The predicted molar refractivity (Wildman–Crippen MR) is 100 cm³/mol. The lowest BCUT2D eigenvalue weighted by Crippen LogP contribution is -2.42. The fourth-order valence-electron chi connectivity index (χ4n) is 2.70. The molecule has 0 atom stereocenters. The van der Waals surface area contributed by atoms with Gasteiger partial charge in [-0.25, -0.2) is 8.42 Å². The van der Waals surface area contributed by atoms with E-state index in [-0.39, 0.29) is 12.5 Å². The highest BCUT2D eigenvalue weighted by molar-refractivity contribution is 7.92. The summed E-state index contributed by atoms with van der Waals surface area (Å²) in [6.07, 6.45) is 1.17. The summed E-state index contributed by atoms with van der Waals surface area (Å²) in [5.74, 6) is 0.329. The van der Waals surface area contributed by atoms with Crippen LogP contribution in [0, 0.1) is 0 Å². The molecule has 0 aliphatic carbocycles. The Balaban J connectivity index is 1.74. The average Bonchev–Trinajstić information content (AvgIpc) is 2.61. The number of rotatable bonds is 9. The summed E-state index contributed by atoms with van der Waals surface area (Å²) in [5.41, 5.74) is 0.567. The van der Waals surface area contributed by atoms with Crippen LogP contribution in [0.3, 0.4) is 0 Å². The van der Waals surface area contributed by atoms with Gasteiger partial charge in [0, 0.05) is 32.7 Å². The van der Waals surface area contributed by atoms with Crippen LogP contribution in [0.25, 0.3) is 0 Å². The first kappa shape index (κ1) is 20.5. The van der Waals surface area contributed by atoms with Gasteiger partial charge in [-0.3, -0.25) is 14.0 Å². The van der Waals surface area contributed by atoms with Gasteiger partial charge in [-0.15, -0.1) is 0 Å². The van der Waals surface area contributed by atoms with E-state index >= 15 is 0 Å². The van der Waals surface area contributed by atoms with E-state index < -0.39 is 10.0 Å². The molecule has 146 valence electrons. The molecule has 0 saturated carbocycles. The van der Waals surface area contributed by atoms with Gasteiger partial charge in [-0.2, -0.15) is 0 Å². The highest BCUT2D eigenvalue weighted by atomic mass is 32.2. The van der Waals surface area contributed by atoms with Crippen molar-refractivity contribution >= 4 is 21.6 Å². The SMILES string of the molecule is CCN(c1ccc(OCC(=O)NCCN2CCOCC2)cc1)S(C)(=O)=O. The number of benzene rings is 1. The number of amides is 1. The lowest BCUT2D eigenvalue weighted by Gasteiger charge is -2.26. The Morgan fingerprint density at radius 1 is 1.27 bits per heavy atom. The molecule has 0 unspecified atom stereocenters. The summed E-state index contributed by atoms with van der Waals surface area (Å²) in [6, 6.07) is 6.64. The molecule has 1 amide bonds. The van der Waals surface area contributed by atoms with E-state index in [1.54, 1.807) is 31.2 Å². The van der Waals surface area contributed by atoms with Gasteiger partial charge in [0.1, 0.15) is 5.75 Å². The molecule has 1 N–H and O–H groups in total. The van der Waals surface area contributed by atoms with Gasteiger partial charge in [0.25, 0.3) is 5.91 Å². The summed E-state index contributed by atoms with van der Waals surface area (Å²) in [7, 11) is -3.31. The van der Waals surface area contributed by atoms with E-state index in [2.05, 4.69) is 10.2 Å². The number of anilines is 1. The number of sulfonamides is 1. The third-order valence-electron chi connectivity index (χ3n) is 4.04. The standard InChI is InChI=1S/C17H27N3O5S/c1-3-20(26(2,22)23)15-4-6-16(7-5-15)25-14-17(21)18-8-9-19-10-12-24-13-11-19/h4-7H,3,8-14H2,1-2H3,(H,18,21). The number of ether oxygens (including phenoxy) is 2. The lowest BCUT2D eigenvalue weighted by atomic mass is 10.3. The van der Waals surface area contributed by atoms with E-state index in [1.807, 2.05) is 0 Å². The van der Waals surface area contributed by atoms with Gasteiger partial charge in [-0.1, -0.05) is 0 Å². The minimum Gasteiger partial charge on any atom is -0.484 e. The van der Waals surface area contributed by atoms with Crippen LogP contribution in [0.2, 0.25) is 0 Å². The number of nitrogens with zero attached hydrogens (tertiary/aromatic N) is 2. The molecular weight excluding hydrogens is 358 g/mol. The van der Waals surface area contributed by atoms with Crippen molar-refractivity contribution in [2.24, 2.45) is 0 Å². The average molecular weight is 385 g/mol. The second-order valence-electron chi connectivity index (χ2n) is 6.01. The lowest BCUT2D eigenvalue weighted by molar-refractivity contribution is -0.123. The highest BCUT2D eigenvalue weighted by Crippen LogP contribution is 2.21. The molecule has 0 radical (unpaired) electrons. The van der Waals surface area contributed by atoms with Crippen LogP contribution >= 0.6 is 0 Å².